The van der Waals surface area contributed by atoms with Crippen LogP contribution in [0.25, 0.3) is 0 Å². The first-order valence-corrected chi connectivity index (χ1v) is 9.87. The number of hydrogen-bond acceptors (Lipinski definition) is 3. The molecule has 0 unspecified atom stereocenters. The molecule has 1 amide bonds. The van der Waals surface area contributed by atoms with Crippen molar-refractivity contribution in [2.24, 2.45) is 5.92 Å². The number of benzene rings is 1. The van der Waals surface area contributed by atoms with Crippen LogP contribution in [-0.4, -0.2) is 26.6 Å². The fraction of sp³-hybridized carbons (Fsp3) is 0.588. The molecule has 1 aliphatic rings. The molecular formula is C17H26N2O3S. The van der Waals surface area contributed by atoms with Crippen molar-refractivity contribution >= 4 is 27.3 Å². The van der Waals surface area contributed by atoms with E-state index in [-0.39, 0.29) is 11.7 Å². The summed E-state index contributed by atoms with van der Waals surface area (Å²) in [6, 6.07) is 5.50. The van der Waals surface area contributed by atoms with Crippen molar-refractivity contribution in [1.29, 1.82) is 0 Å². The van der Waals surface area contributed by atoms with E-state index >= 15 is 0 Å². The average molecular weight is 338 g/mol. The van der Waals surface area contributed by atoms with Gasteiger partial charge in [0, 0.05) is 18.7 Å². The lowest BCUT2D eigenvalue weighted by Crippen LogP contribution is -2.37. The Morgan fingerprint density at radius 3 is 2.74 bits per heavy atom. The van der Waals surface area contributed by atoms with Crippen molar-refractivity contribution < 1.29 is 13.2 Å². The van der Waals surface area contributed by atoms with Crippen LogP contribution in [0.3, 0.4) is 0 Å². The highest BCUT2D eigenvalue weighted by Gasteiger charge is 2.26. The predicted octanol–water partition coefficient (Wildman–Crippen LogP) is 3.16. The maximum atomic E-state index is 12.4. The molecule has 0 aromatic heterocycles. The summed E-state index contributed by atoms with van der Waals surface area (Å²) in [7, 11) is -3.25. The topological polar surface area (TPSA) is 66.5 Å². The molecule has 0 radical (unpaired) electrons. The molecule has 1 aliphatic heterocycles. The molecule has 5 nitrogen and oxygen atoms in total. The van der Waals surface area contributed by atoms with Crippen LogP contribution in [0.5, 0.6) is 0 Å². The molecule has 1 N–H and O–H groups in total. The number of sulfonamides is 1. The fourth-order valence-electron chi connectivity index (χ4n) is 2.88. The molecule has 1 heterocycles. The minimum atomic E-state index is -3.25. The molecule has 1 aromatic carbocycles. The summed E-state index contributed by atoms with van der Waals surface area (Å²) in [6.07, 6.45) is 2.73. The highest BCUT2D eigenvalue weighted by molar-refractivity contribution is 7.92. The third kappa shape index (κ3) is 4.47. The van der Waals surface area contributed by atoms with Gasteiger partial charge in [-0.1, -0.05) is 20.8 Å². The number of carbonyl (C=O) groups is 1. The Bertz CT molecular complexity index is 668. The van der Waals surface area contributed by atoms with Gasteiger partial charge in [-0.05, 0) is 48.9 Å². The van der Waals surface area contributed by atoms with Gasteiger partial charge in [-0.3, -0.25) is 9.10 Å². The van der Waals surface area contributed by atoms with Crippen LogP contribution in [0.1, 0.15) is 45.6 Å². The van der Waals surface area contributed by atoms with E-state index in [0.29, 0.717) is 25.3 Å². The predicted molar refractivity (Wildman–Crippen MR) is 94.3 cm³/mol. The summed E-state index contributed by atoms with van der Waals surface area (Å²) >= 11 is 0. The zero-order valence-corrected chi connectivity index (χ0v) is 14.9. The second-order valence-corrected chi connectivity index (χ2v) is 8.49. The maximum absolute atomic E-state index is 12.4. The SMILES string of the molecule is CCCS(=O)(=O)N1CCCc2cc(NC(=O)CC(C)C)ccc21. The van der Waals surface area contributed by atoms with E-state index in [0.717, 1.165) is 29.8 Å². The van der Waals surface area contributed by atoms with Gasteiger partial charge >= 0.3 is 0 Å². The molecule has 1 aromatic rings. The summed E-state index contributed by atoms with van der Waals surface area (Å²) in [6.45, 7) is 6.41. The summed E-state index contributed by atoms with van der Waals surface area (Å²) in [5.41, 5.74) is 2.48. The van der Waals surface area contributed by atoms with E-state index in [2.05, 4.69) is 5.32 Å². The van der Waals surface area contributed by atoms with Gasteiger partial charge in [-0.15, -0.1) is 0 Å². The number of amides is 1. The minimum Gasteiger partial charge on any atom is -0.326 e. The summed E-state index contributed by atoms with van der Waals surface area (Å²) in [5.74, 6) is 0.466. The molecule has 2 rings (SSSR count). The van der Waals surface area contributed by atoms with E-state index in [9.17, 15) is 13.2 Å². The Hall–Kier alpha value is -1.56. The van der Waals surface area contributed by atoms with Crippen molar-refractivity contribution in [3.05, 3.63) is 23.8 Å². The van der Waals surface area contributed by atoms with Crippen LogP contribution in [0.4, 0.5) is 11.4 Å². The van der Waals surface area contributed by atoms with Gasteiger partial charge in [-0.25, -0.2) is 8.42 Å². The quantitative estimate of drug-likeness (QED) is 0.866. The first-order chi connectivity index (χ1) is 10.8. The van der Waals surface area contributed by atoms with Gasteiger partial charge in [0.1, 0.15) is 0 Å². The molecule has 0 fully saturated rings. The van der Waals surface area contributed by atoms with Crippen LogP contribution in [0.15, 0.2) is 18.2 Å². The van der Waals surface area contributed by atoms with Crippen molar-refractivity contribution in [2.45, 2.75) is 46.5 Å². The van der Waals surface area contributed by atoms with Gasteiger partial charge in [0.25, 0.3) is 0 Å². The van der Waals surface area contributed by atoms with Crippen molar-refractivity contribution in [1.82, 2.24) is 0 Å². The summed E-state index contributed by atoms with van der Waals surface area (Å²) in [5, 5.41) is 2.90. The zero-order valence-electron chi connectivity index (χ0n) is 14.1. The molecule has 6 heteroatoms. The fourth-order valence-corrected chi connectivity index (χ4v) is 4.50. The third-order valence-corrected chi connectivity index (χ3v) is 5.81. The Labute approximate surface area is 139 Å². The molecule has 23 heavy (non-hydrogen) atoms. The second-order valence-electron chi connectivity index (χ2n) is 6.48. The van der Waals surface area contributed by atoms with Crippen LogP contribution < -0.4 is 9.62 Å². The van der Waals surface area contributed by atoms with Crippen LogP contribution in [0, 0.1) is 5.92 Å². The third-order valence-electron chi connectivity index (χ3n) is 3.83. The van der Waals surface area contributed by atoms with Crippen LogP contribution in [0.2, 0.25) is 0 Å². The maximum Gasteiger partial charge on any atom is 0.235 e. The number of nitrogens with zero attached hydrogens (tertiary/aromatic N) is 1. The number of hydrogen-bond donors (Lipinski definition) is 1. The van der Waals surface area contributed by atoms with Gasteiger partial charge in [0.05, 0.1) is 11.4 Å². The normalized spacial score (nSPS) is 14.7. The van der Waals surface area contributed by atoms with E-state index in [1.54, 1.807) is 6.07 Å². The van der Waals surface area contributed by atoms with Crippen molar-refractivity contribution in [2.75, 3.05) is 21.9 Å². The van der Waals surface area contributed by atoms with Crippen LogP contribution >= 0.6 is 0 Å². The van der Waals surface area contributed by atoms with Crippen LogP contribution in [-0.2, 0) is 21.2 Å². The van der Waals surface area contributed by atoms with Gasteiger partial charge in [-0.2, -0.15) is 0 Å². The first kappa shape index (κ1) is 17.8. The lowest BCUT2D eigenvalue weighted by Gasteiger charge is -2.30. The molecular weight excluding hydrogens is 312 g/mol. The Kier molecular flexibility index (Phi) is 5.68. The van der Waals surface area contributed by atoms with Crippen molar-refractivity contribution in [3.8, 4) is 0 Å². The monoisotopic (exact) mass is 338 g/mol. The second kappa shape index (κ2) is 7.34. The molecule has 0 saturated carbocycles. The Morgan fingerprint density at radius 1 is 1.35 bits per heavy atom. The molecule has 0 atom stereocenters. The summed E-state index contributed by atoms with van der Waals surface area (Å²) in [4.78, 5) is 11.9. The molecule has 0 bridgehead atoms. The van der Waals surface area contributed by atoms with Gasteiger partial charge in [0.2, 0.25) is 15.9 Å². The number of nitrogens with one attached hydrogen (secondary N) is 1. The molecule has 128 valence electrons. The van der Waals surface area contributed by atoms with E-state index < -0.39 is 10.0 Å². The van der Waals surface area contributed by atoms with Crippen molar-refractivity contribution in [3.63, 3.8) is 0 Å². The molecule has 0 saturated heterocycles. The standard InChI is InChI=1S/C17H26N2O3S/c1-4-10-23(21,22)19-9-5-6-14-12-15(7-8-16(14)19)18-17(20)11-13(2)3/h7-8,12-13H,4-6,9-11H2,1-3H3,(H,18,20). The molecule has 0 aliphatic carbocycles. The van der Waals surface area contributed by atoms with E-state index in [1.807, 2.05) is 32.9 Å². The average Bonchev–Trinajstić information content (AvgIpc) is 2.45. The number of aryl methyl sites for hydroxylation is 1. The number of anilines is 2. The summed E-state index contributed by atoms with van der Waals surface area (Å²) < 4.78 is 26.3. The zero-order chi connectivity index (χ0) is 17.0. The number of carbonyl (C=O) groups excluding carboxylic acids is 1. The van der Waals surface area contributed by atoms with Gasteiger partial charge in [0.15, 0.2) is 0 Å². The minimum absolute atomic E-state index is 0.00813. The number of rotatable bonds is 6. The lowest BCUT2D eigenvalue weighted by atomic mass is 10.0. The van der Waals surface area contributed by atoms with Gasteiger partial charge < -0.3 is 5.32 Å². The lowest BCUT2D eigenvalue weighted by molar-refractivity contribution is -0.116. The van der Waals surface area contributed by atoms with E-state index in [4.69, 9.17) is 0 Å². The largest absolute Gasteiger partial charge is 0.326 e. The number of fused-ring (bicyclic) bond motifs is 1. The Balaban J connectivity index is 2.22. The highest BCUT2D eigenvalue weighted by atomic mass is 32.2. The highest BCUT2D eigenvalue weighted by Crippen LogP contribution is 2.32. The molecule has 0 spiro atoms. The Morgan fingerprint density at radius 2 is 2.09 bits per heavy atom. The first-order valence-electron chi connectivity index (χ1n) is 8.26. The smallest absolute Gasteiger partial charge is 0.235 e. The van der Waals surface area contributed by atoms with E-state index in [1.165, 1.54) is 4.31 Å².